The SMILES string of the molecule is Cc1ccccc1CN(C)C(=O)C1CCC(N)CC1. The van der Waals surface area contributed by atoms with Gasteiger partial charge in [0.05, 0.1) is 0 Å². The van der Waals surface area contributed by atoms with Crippen LogP contribution in [0.15, 0.2) is 24.3 Å². The van der Waals surface area contributed by atoms with Gasteiger partial charge in [-0.2, -0.15) is 0 Å². The van der Waals surface area contributed by atoms with E-state index in [0.717, 1.165) is 25.7 Å². The van der Waals surface area contributed by atoms with Crippen LogP contribution in [0.3, 0.4) is 0 Å². The van der Waals surface area contributed by atoms with Crippen molar-refractivity contribution in [3.05, 3.63) is 35.4 Å². The Kier molecular flexibility index (Phi) is 4.59. The summed E-state index contributed by atoms with van der Waals surface area (Å²) in [5.41, 5.74) is 8.36. The lowest BCUT2D eigenvalue weighted by atomic mass is 9.85. The van der Waals surface area contributed by atoms with Gasteiger partial charge in [-0.15, -0.1) is 0 Å². The molecule has 0 aromatic heterocycles. The summed E-state index contributed by atoms with van der Waals surface area (Å²) < 4.78 is 0. The van der Waals surface area contributed by atoms with Gasteiger partial charge in [0.2, 0.25) is 5.91 Å². The predicted octanol–water partition coefficient (Wildman–Crippen LogP) is 2.47. The maximum Gasteiger partial charge on any atom is 0.225 e. The highest BCUT2D eigenvalue weighted by Gasteiger charge is 2.26. The molecule has 19 heavy (non-hydrogen) atoms. The molecule has 1 amide bonds. The van der Waals surface area contributed by atoms with Gasteiger partial charge in [-0.3, -0.25) is 4.79 Å². The second kappa shape index (κ2) is 6.20. The summed E-state index contributed by atoms with van der Waals surface area (Å²) in [6, 6.07) is 8.54. The van der Waals surface area contributed by atoms with Crippen LogP contribution in [-0.2, 0) is 11.3 Å². The van der Waals surface area contributed by atoms with E-state index in [1.54, 1.807) is 0 Å². The minimum absolute atomic E-state index is 0.175. The zero-order valence-electron chi connectivity index (χ0n) is 11.9. The van der Waals surface area contributed by atoms with E-state index in [4.69, 9.17) is 5.73 Å². The Labute approximate surface area is 115 Å². The number of hydrogen-bond donors (Lipinski definition) is 1. The first-order valence-electron chi connectivity index (χ1n) is 7.13. The summed E-state index contributed by atoms with van der Waals surface area (Å²) in [5, 5.41) is 0. The third-order valence-corrected chi connectivity index (χ3v) is 4.17. The van der Waals surface area contributed by atoms with Crippen LogP contribution in [0.25, 0.3) is 0 Å². The zero-order chi connectivity index (χ0) is 13.8. The minimum Gasteiger partial charge on any atom is -0.341 e. The van der Waals surface area contributed by atoms with Crippen molar-refractivity contribution in [2.75, 3.05) is 7.05 Å². The molecular formula is C16H24N2O. The second-order valence-electron chi connectivity index (χ2n) is 5.73. The molecule has 1 aromatic carbocycles. The van der Waals surface area contributed by atoms with Gasteiger partial charge < -0.3 is 10.6 Å². The molecule has 0 spiro atoms. The number of aryl methyl sites for hydroxylation is 1. The number of hydrogen-bond acceptors (Lipinski definition) is 2. The zero-order valence-corrected chi connectivity index (χ0v) is 11.9. The lowest BCUT2D eigenvalue weighted by Gasteiger charge is -2.29. The Morgan fingerprint density at radius 1 is 1.26 bits per heavy atom. The minimum atomic E-state index is 0.175. The van der Waals surface area contributed by atoms with Crippen molar-refractivity contribution >= 4 is 5.91 Å². The molecule has 2 rings (SSSR count). The summed E-state index contributed by atoms with van der Waals surface area (Å²) in [7, 11) is 1.91. The van der Waals surface area contributed by atoms with Crippen LogP contribution in [-0.4, -0.2) is 23.9 Å². The number of carbonyl (C=O) groups excluding carboxylic acids is 1. The molecule has 1 saturated carbocycles. The Hall–Kier alpha value is -1.35. The first-order chi connectivity index (χ1) is 9.08. The van der Waals surface area contributed by atoms with Crippen LogP contribution in [0.2, 0.25) is 0 Å². The molecule has 1 aliphatic rings. The average Bonchev–Trinajstić information content (AvgIpc) is 2.41. The van der Waals surface area contributed by atoms with Crippen molar-refractivity contribution in [2.24, 2.45) is 11.7 Å². The van der Waals surface area contributed by atoms with Gasteiger partial charge in [-0.05, 0) is 43.7 Å². The van der Waals surface area contributed by atoms with Gasteiger partial charge in [0.25, 0.3) is 0 Å². The monoisotopic (exact) mass is 260 g/mol. The topological polar surface area (TPSA) is 46.3 Å². The van der Waals surface area contributed by atoms with Crippen molar-refractivity contribution in [2.45, 2.75) is 45.2 Å². The van der Waals surface area contributed by atoms with Crippen LogP contribution < -0.4 is 5.73 Å². The Bertz CT molecular complexity index is 436. The van der Waals surface area contributed by atoms with E-state index in [0.29, 0.717) is 12.6 Å². The summed E-state index contributed by atoms with van der Waals surface area (Å²) in [4.78, 5) is 14.3. The summed E-state index contributed by atoms with van der Waals surface area (Å²) in [6.07, 6.45) is 3.85. The van der Waals surface area contributed by atoms with E-state index in [-0.39, 0.29) is 11.8 Å². The normalized spacial score (nSPS) is 23.1. The van der Waals surface area contributed by atoms with Crippen LogP contribution in [0.1, 0.15) is 36.8 Å². The average molecular weight is 260 g/mol. The van der Waals surface area contributed by atoms with Gasteiger partial charge in [0, 0.05) is 25.6 Å². The molecule has 104 valence electrons. The Balaban J connectivity index is 1.94. The van der Waals surface area contributed by atoms with Gasteiger partial charge in [-0.1, -0.05) is 24.3 Å². The standard InChI is InChI=1S/C16H24N2O/c1-12-5-3-4-6-14(12)11-18(2)16(19)13-7-9-15(17)10-8-13/h3-6,13,15H,7-11,17H2,1-2H3. The Morgan fingerprint density at radius 2 is 1.89 bits per heavy atom. The van der Waals surface area contributed by atoms with Crippen molar-refractivity contribution < 1.29 is 4.79 Å². The van der Waals surface area contributed by atoms with Gasteiger partial charge in [0.1, 0.15) is 0 Å². The largest absolute Gasteiger partial charge is 0.341 e. The van der Waals surface area contributed by atoms with Crippen LogP contribution in [0.5, 0.6) is 0 Å². The van der Waals surface area contributed by atoms with Gasteiger partial charge >= 0.3 is 0 Å². The third-order valence-electron chi connectivity index (χ3n) is 4.17. The highest BCUT2D eigenvalue weighted by atomic mass is 16.2. The molecule has 1 aliphatic carbocycles. The molecule has 1 fully saturated rings. The highest BCUT2D eigenvalue weighted by molar-refractivity contribution is 5.78. The molecule has 0 heterocycles. The molecule has 0 radical (unpaired) electrons. The lowest BCUT2D eigenvalue weighted by molar-refractivity contribution is -0.135. The summed E-state index contributed by atoms with van der Waals surface area (Å²) >= 11 is 0. The number of rotatable bonds is 3. The van der Waals surface area contributed by atoms with Crippen molar-refractivity contribution in [3.8, 4) is 0 Å². The molecule has 1 aromatic rings. The molecule has 3 nitrogen and oxygen atoms in total. The van der Waals surface area contributed by atoms with Crippen LogP contribution >= 0.6 is 0 Å². The first kappa shape index (κ1) is 14.1. The summed E-state index contributed by atoms with van der Waals surface area (Å²) in [5.74, 6) is 0.448. The molecule has 0 aliphatic heterocycles. The number of nitrogens with zero attached hydrogens (tertiary/aromatic N) is 1. The number of carbonyl (C=O) groups is 1. The second-order valence-corrected chi connectivity index (χ2v) is 5.73. The first-order valence-corrected chi connectivity index (χ1v) is 7.13. The lowest BCUT2D eigenvalue weighted by Crippen LogP contribution is -2.37. The maximum absolute atomic E-state index is 12.4. The fraction of sp³-hybridized carbons (Fsp3) is 0.562. The quantitative estimate of drug-likeness (QED) is 0.907. The van der Waals surface area contributed by atoms with Gasteiger partial charge in [-0.25, -0.2) is 0 Å². The van der Waals surface area contributed by atoms with E-state index >= 15 is 0 Å². The van der Waals surface area contributed by atoms with E-state index in [9.17, 15) is 4.79 Å². The number of amides is 1. The summed E-state index contributed by atoms with van der Waals surface area (Å²) in [6.45, 7) is 2.79. The molecule has 0 unspecified atom stereocenters. The fourth-order valence-electron chi connectivity index (χ4n) is 2.80. The highest BCUT2D eigenvalue weighted by Crippen LogP contribution is 2.25. The van der Waals surface area contributed by atoms with Crippen LogP contribution in [0, 0.1) is 12.8 Å². The molecule has 0 saturated heterocycles. The predicted molar refractivity (Wildman–Crippen MR) is 77.6 cm³/mol. The van der Waals surface area contributed by atoms with E-state index in [1.807, 2.05) is 24.1 Å². The van der Waals surface area contributed by atoms with E-state index in [2.05, 4.69) is 19.1 Å². The van der Waals surface area contributed by atoms with Crippen LogP contribution in [0.4, 0.5) is 0 Å². The van der Waals surface area contributed by atoms with Crippen molar-refractivity contribution in [1.82, 2.24) is 4.90 Å². The smallest absolute Gasteiger partial charge is 0.225 e. The number of benzene rings is 1. The fourth-order valence-corrected chi connectivity index (χ4v) is 2.80. The molecule has 0 atom stereocenters. The maximum atomic E-state index is 12.4. The number of nitrogens with two attached hydrogens (primary N) is 1. The molecule has 2 N–H and O–H groups in total. The molecule has 0 bridgehead atoms. The van der Waals surface area contributed by atoms with Crippen molar-refractivity contribution in [1.29, 1.82) is 0 Å². The van der Waals surface area contributed by atoms with Crippen molar-refractivity contribution in [3.63, 3.8) is 0 Å². The molecule has 3 heteroatoms. The Morgan fingerprint density at radius 3 is 2.53 bits per heavy atom. The van der Waals surface area contributed by atoms with Gasteiger partial charge in [0.15, 0.2) is 0 Å². The third kappa shape index (κ3) is 3.57. The van der Waals surface area contributed by atoms with E-state index < -0.39 is 0 Å². The molecular weight excluding hydrogens is 236 g/mol. The van der Waals surface area contributed by atoms with E-state index in [1.165, 1.54) is 11.1 Å².